The van der Waals surface area contributed by atoms with E-state index < -0.39 is 5.60 Å². The van der Waals surface area contributed by atoms with Crippen LogP contribution in [0, 0.1) is 5.92 Å². The van der Waals surface area contributed by atoms with Gasteiger partial charge in [-0.1, -0.05) is 0 Å². The number of aliphatic hydroxyl groups is 1. The van der Waals surface area contributed by atoms with Crippen LogP contribution in [0.25, 0.3) is 0 Å². The van der Waals surface area contributed by atoms with Gasteiger partial charge in [0, 0.05) is 6.42 Å². The smallest absolute Gasteiger partial charge is 0.222 e. The SMILES string of the molecule is NCCCC(=O)N1CC(O)(C2CC2)C1. The first-order chi connectivity index (χ1) is 6.65. The predicted molar refractivity (Wildman–Crippen MR) is 52.5 cm³/mol. The number of amides is 1. The van der Waals surface area contributed by atoms with Crippen LogP contribution < -0.4 is 5.73 Å². The first kappa shape index (κ1) is 9.93. The maximum Gasteiger partial charge on any atom is 0.222 e. The Labute approximate surface area is 84.1 Å². The van der Waals surface area contributed by atoms with Gasteiger partial charge in [0.1, 0.15) is 5.60 Å². The van der Waals surface area contributed by atoms with Crippen molar-refractivity contribution in [2.75, 3.05) is 19.6 Å². The van der Waals surface area contributed by atoms with E-state index in [1.54, 1.807) is 4.90 Å². The Balaban J connectivity index is 1.73. The summed E-state index contributed by atoms with van der Waals surface area (Å²) in [6.45, 7) is 1.65. The van der Waals surface area contributed by atoms with Crippen LogP contribution in [-0.4, -0.2) is 41.1 Å². The summed E-state index contributed by atoms with van der Waals surface area (Å²) in [7, 11) is 0. The molecule has 1 aliphatic carbocycles. The molecule has 1 saturated heterocycles. The summed E-state index contributed by atoms with van der Waals surface area (Å²) in [5, 5.41) is 9.98. The van der Waals surface area contributed by atoms with Gasteiger partial charge in [-0.25, -0.2) is 0 Å². The van der Waals surface area contributed by atoms with E-state index in [4.69, 9.17) is 5.73 Å². The minimum absolute atomic E-state index is 0.140. The van der Waals surface area contributed by atoms with E-state index in [1.165, 1.54) is 0 Å². The van der Waals surface area contributed by atoms with Crippen molar-refractivity contribution >= 4 is 5.91 Å². The molecule has 1 saturated carbocycles. The molecule has 1 aliphatic heterocycles. The van der Waals surface area contributed by atoms with Crippen LogP contribution in [0.5, 0.6) is 0 Å². The van der Waals surface area contributed by atoms with E-state index in [0.717, 1.165) is 19.3 Å². The number of nitrogens with zero attached hydrogens (tertiary/aromatic N) is 1. The molecule has 3 N–H and O–H groups in total. The summed E-state index contributed by atoms with van der Waals surface area (Å²) >= 11 is 0. The largest absolute Gasteiger partial charge is 0.386 e. The molecule has 0 aromatic rings. The summed E-state index contributed by atoms with van der Waals surface area (Å²) in [6, 6.07) is 0. The molecule has 0 atom stereocenters. The fourth-order valence-corrected chi connectivity index (χ4v) is 2.08. The third-order valence-corrected chi connectivity index (χ3v) is 3.21. The Morgan fingerprint density at radius 1 is 1.50 bits per heavy atom. The second-order valence-corrected chi connectivity index (χ2v) is 4.52. The van der Waals surface area contributed by atoms with Gasteiger partial charge in [-0.3, -0.25) is 4.79 Å². The lowest BCUT2D eigenvalue weighted by Crippen LogP contribution is -2.64. The summed E-state index contributed by atoms with van der Waals surface area (Å²) in [6.07, 6.45) is 3.52. The summed E-state index contributed by atoms with van der Waals surface area (Å²) < 4.78 is 0. The van der Waals surface area contributed by atoms with Crippen molar-refractivity contribution in [3.8, 4) is 0 Å². The minimum Gasteiger partial charge on any atom is -0.386 e. The van der Waals surface area contributed by atoms with Gasteiger partial charge in [-0.05, 0) is 31.7 Å². The van der Waals surface area contributed by atoms with Crippen molar-refractivity contribution in [2.24, 2.45) is 11.7 Å². The van der Waals surface area contributed by atoms with E-state index in [9.17, 15) is 9.90 Å². The van der Waals surface area contributed by atoms with Crippen LogP contribution in [-0.2, 0) is 4.79 Å². The lowest BCUT2D eigenvalue weighted by atomic mass is 9.88. The highest BCUT2D eigenvalue weighted by molar-refractivity contribution is 5.77. The monoisotopic (exact) mass is 198 g/mol. The van der Waals surface area contributed by atoms with Crippen LogP contribution >= 0.6 is 0 Å². The number of carbonyl (C=O) groups is 1. The summed E-state index contributed by atoms with van der Waals surface area (Å²) in [5.74, 6) is 0.599. The van der Waals surface area contributed by atoms with E-state index in [-0.39, 0.29) is 5.91 Å². The quantitative estimate of drug-likeness (QED) is 0.652. The van der Waals surface area contributed by atoms with Gasteiger partial charge in [-0.2, -0.15) is 0 Å². The molecule has 2 aliphatic rings. The zero-order valence-corrected chi connectivity index (χ0v) is 8.41. The van der Waals surface area contributed by atoms with E-state index >= 15 is 0 Å². The van der Waals surface area contributed by atoms with E-state index in [2.05, 4.69) is 0 Å². The summed E-state index contributed by atoms with van der Waals surface area (Å²) in [5.41, 5.74) is 4.78. The molecule has 4 nitrogen and oxygen atoms in total. The third-order valence-electron chi connectivity index (χ3n) is 3.21. The van der Waals surface area contributed by atoms with Crippen LogP contribution in [0.15, 0.2) is 0 Å². The Morgan fingerprint density at radius 2 is 2.14 bits per heavy atom. The average molecular weight is 198 g/mol. The van der Waals surface area contributed by atoms with Gasteiger partial charge in [0.25, 0.3) is 0 Å². The second-order valence-electron chi connectivity index (χ2n) is 4.52. The van der Waals surface area contributed by atoms with Crippen molar-refractivity contribution in [2.45, 2.75) is 31.3 Å². The lowest BCUT2D eigenvalue weighted by molar-refractivity contribution is -0.159. The summed E-state index contributed by atoms with van der Waals surface area (Å²) in [4.78, 5) is 13.2. The molecule has 1 amide bonds. The Hall–Kier alpha value is -0.610. The van der Waals surface area contributed by atoms with Crippen molar-refractivity contribution in [1.29, 1.82) is 0 Å². The zero-order chi connectivity index (χ0) is 10.2. The molecule has 2 rings (SSSR count). The molecule has 0 aromatic carbocycles. The second kappa shape index (κ2) is 3.51. The molecule has 0 bridgehead atoms. The molecule has 4 heteroatoms. The standard InChI is InChI=1S/C10H18N2O2/c11-5-1-2-9(13)12-6-10(14,7-12)8-3-4-8/h8,14H,1-7,11H2. The highest BCUT2D eigenvalue weighted by Gasteiger charge is 2.52. The fraction of sp³-hybridized carbons (Fsp3) is 0.900. The van der Waals surface area contributed by atoms with Crippen molar-refractivity contribution in [3.05, 3.63) is 0 Å². The van der Waals surface area contributed by atoms with E-state index in [0.29, 0.717) is 32.0 Å². The van der Waals surface area contributed by atoms with Crippen molar-refractivity contribution in [1.82, 2.24) is 4.90 Å². The predicted octanol–water partition coefficient (Wildman–Crippen LogP) is -0.291. The van der Waals surface area contributed by atoms with Gasteiger partial charge in [0.2, 0.25) is 5.91 Å². The molecular weight excluding hydrogens is 180 g/mol. The molecule has 1 heterocycles. The van der Waals surface area contributed by atoms with E-state index in [1.807, 2.05) is 0 Å². The maximum atomic E-state index is 11.5. The van der Waals surface area contributed by atoms with Crippen LogP contribution in [0.4, 0.5) is 0 Å². The number of hydrogen-bond donors (Lipinski definition) is 2. The van der Waals surface area contributed by atoms with Gasteiger partial charge in [-0.15, -0.1) is 0 Å². The van der Waals surface area contributed by atoms with Gasteiger partial charge in [0.15, 0.2) is 0 Å². The zero-order valence-electron chi connectivity index (χ0n) is 8.41. The Bertz CT molecular complexity index is 232. The number of likely N-dealkylation sites (tertiary alicyclic amines) is 1. The molecule has 0 radical (unpaired) electrons. The number of β-amino-alcohol motifs (C(OH)–C–C–N with tert-alkyl or cyclic N) is 1. The van der Waals surface area contributed by atoms with Gasteiger partial charge < -0.3 is 15.7 Å². The fourth-order valence-electron chi connectivity index (χ4n) is 2.08. The molecule has 80 valence electrons. The number of carbonyl (C=O) groups excluding carboxylic acids is 1. The first-order valence-electron chi connectivity index (χ1n) is 5.36. The average Bonchev–Trinajstić information content (AvgIpc) is 2.92. The highest BCUT2D eigenvalue weighted by atomic mass is 16.3. The highest BCUT2D eigenvalue weighted by Crippen LogP contribution is 2.44. The van der Waals surface area contributed by atoms with Crippen molar-refractivity contribution < 1.29 is 9.90 Å². The molecule has 0 spiro atoms. The van der Waals surface area contributed by atoms with Crippen LogP contribution in [0.3, 0.4) is 0 Å². The molecule has 2 fully saturated rings. The maximum absolute atomic E-state index is 11.5. The van der Waals surface area contributed by atoms with Gasteiger partial charge in [0.05, 0.1) is 13.1 Å². The third kappa shape index (κ3) is 1.77. The Morgan fingerprint density at radius 3 is 2.64 bits per heavy atom. The number of rotatable bonds is 4. The molecule has 0 aromatic heterocycles. The normalized spacial score (nSPS) is 24.6. The van der Waals surface area contributed by atoms with Crippen LogP contribution in [0.1, 0.15) is 25.7 Å². The van der Waals surface area contributed by atoms with Gasteiger partial charge >= 0.3 is 0 Å². The number of nitrogens with two attached hydrogens (primary N) is 1. The molecule has 0 unspecified atom stereocenters. The van der Waals surface area contributed by atoms with Crippen LogP contribution in [0.2, 0.25) is 0 Å². The molecule has 14 heavy (non-hydrogen) atoms. The topological polar surface area (TPSA) is 66.6 Å². The molecular formula is C10H18N2O2. The first-order valence-corrected chi connectivity index (χ1v) is 5.36. The lowest BCUT2D eigenvalue weighted by Gasteiger charge is -2.47. The Kier molecular flexibility index (Phi) is 2.49. The minimum atomic E-state index is -0.543. The number of hydrogen-bond acceptors (Lipinski definition) is 3. The van der Waals surface area contributed by atoms with Crippen molar-refractivity contribution in [3.63, 3.8) is 0 Å².